The van der Waals surface area contributed by atoms with Crippen LogP contribution in [0.1, 0.15) is 34.1 Å². The molecular weight excluding hydrogens is 220 g/mol. The summed E-state index contributed by atoms with van der Waals surface area (Å²) in [6, 6.07) is -0.365. The van der Waals surface area contributed by atoms with E-state index in [1.807, 2.05) is 13.8 Å². The van der Waals surface area contributed by atoms with E-state index in [-0.39, 0.29) is 17.9 Å². The van der Waals surface area contributed by atoms with Crippen molar-refractivity contribution in [3.63, 3.8) is 0 Å². The molecule has 5 heteroatoms. The lowest BCUT2D eigenvalue weighted by atomic mass is 9.96. The van der Waals surface area contributed by atoms with E-state index in [1.54, 1.807) is 18.7 Å². The molecular formula is C12H22N2O3. The zero-order chi connectivity index (χ0) is 13.1. The van der Waals surface area contributed by atoms with Crippen LogP contribution < -0.4 is 5.32 Å². The Labute approximate surface area is 102 Å². The number of nitrogens with one attached hydrogen (secondary N) is 1. The third kappa shape index (κ3) is 2.97. The average Bonchev–Trinajstić information content (AvgIpc) is 2.25. The Morgan fingerprint density at radius 2 is 2.00 bits per heavy atom. The molecule has 0 aliphatic carbocycles. The largest absolute Gasteiger partial charge is 0.380 e. The van der Waals surface area contributed by atoms with Gasteiger partial charge in [-0.3, -0.25) is 9.59 Å². The van der Waals surface area contributed by atoms with Crippen molar-refractivity contribution >= 4 is 11.8 Å². The Morgan fingerprint density at radius 3 is 2.53 bits per heavy atom. The number of amides is 2. The summed E-state index contributed by atoms with van der Waals surface area (Å²) in [5, 5.41) is 2.76. The SMILES string of the molecule is CCOCCN1C(=O)C(C)(C)NC(=O)C1CC. The minimum absolute atomic E-state index is 0.0383. The van der Waals surface area contributed by atoms with Gasteiger partial charge in [0.15, 0.2) is 0 Å². The maximum absolute atomic E-state index is 12.2. The number of ether oxygens (including phenoxy) is 1. The molecule has 5 nitrogen and oxygen atoms in total. The van der Waals surface area contributed by atoms with Gasteiger partial charge in [0.25, 0.3) is 0 Å². The predicted molar refractivity (Wildman–Crippen MR) is 64.5 cm³/mol. The molecule has 1 rings (SSSR count). The first-order valence-corrected chi connectivity index (χ1v) is 6.14. The molecule has 1 fully saturated rings. The zero-order valence-electron chi connectivity index (χ0n) is 11.1. The van der Waals surface area contributed by atoms with Gasteiger partial charge >= 0.3 is 0 Å². The second kappa shape index (κ2) is 5.49. The summed E-state index contributed by atoms with van der Waals surface area (Å²) < 4.78 is 5.26. The van der Waals surface area contributed by atoms with Crippen LogP contribution in [0.2, 0.25) is 0 Å². The lowest BCUT2D eigenvalue weighted by Crippen LogP contribution is -2.68. The van der Waals surface area contributed by atoms with Crippen LogP contribution in [0, 0.1) is 0 Å². The van der Waals surface area contributed by atoms with Gasteiger partial charge in [0, 0.05) is 13.2 Å². The first-order valence-electron chi connectivity index (χ1n) is 6.14. The minimum Gasteiger partial charge on any atom is -0.380 e. The molecule has 98 valence electrons. The van der Waals surface area contributed by atoms with Crippen molar-refractivity contribution in [3.05, 3.63) is 0 Å². The Kier molecular flexibility index (Phi) is 4.51. The van der Waals surface area contributed by atoms with Crippen molar-refractivity contribution in [1.82, 2.24) is 10.2 Å². The Hall–Kier alpha value is -1.10. The normalized spacial score (nSPS) is 23.8. The van der Waals surface area contributed by atoms with Crippen molar-refractivity contribution in [3.8, 4) is 0 Å². The van der Waals surface area contributed by atoms with Crippen LogP contribution in [0.15, 0.2) is 0 Å². The standard InChI is InChI=1S/C12H22N2O3/c1-5-9-10(15)13-12(3,4)11(16)14(9)7-8-17-6-2/h9H,5-8H2,1-4H3,(H,13,15). The molecule has 0 spiro atoms. The van der Waals surface area contributed by atoms with Crippen LogP contribution in [-0.4, -0.2) is 48.1 Å². The molecule has 17 heavy (non-hydrogen) atoms. The lowest BCUT2D eigenvalue weighted by Gasteiger charge is -2.42. The van der Waals surface area contributed by atoms with Gasteiger partial charge in [-0.05, 0) is 27.2 Å². The second-order valence-corrected chi connectivity index (χ2v) is 4.73. The van der Waals surface area contributed by atoms with Gasteiger partial charge in [-0.2, -0.15) is 0 Å². The highest BCUT2D eigenvalue weighted by Gasteiger charge is 2.44. The maximum atomic E-state index is 12.2. The third-order valence-electron chi connectivity index (χ3n) is 2.98. The number of nitrogens with zero attached hydrogens (tertiary/aromatic N) is 1. The number of hydrogen-bond donors (Lipinski definition) is 1. The second-order valence-electron chi connectivity index (χ2n) is 4.73. The number of hydrogen-bond acceptors (Lipinski definition) is 3. The highest BCUT2D eigenvalue weighted by Crippen LogP contribution is 2.19. The van der Waals surface area contributed by atoms with Crippen LogP contribution in [-0.2, 0) is 14.3 Å². The molecule has 2 amide bonds. The van der Waals surface area contributed by atoms with Crippen molar-refractivity contribution in [2.24, 2.45) is 0 Å². The minimum atomic E-state index is -0.811. The van der Waals surface area contributed by atoms with E-state index in [0.717, 1.165) is 0 Å². The van der Waals surface area contributed by atoms with Crippen molar-refractivity contribution < 1.29 is 14.3 Å². The fraction of sp³-hybridized carbons (Fsp3) is 0.833. The van der Waals surface area contributed by atoms with E-state index in [4.69, 9.17) is 4.74 Å². The molecule has 0 radical (unpaired) electrons. The Bertz CT molecular complexity index is 302. The Balaban J connectivity index is 2.78. The number of carbonyl (C=O) groups excluding carboxylic acids is 2. The fourth-order valence-electron chi connectivity index (χ4n) is 2.06. The van der Waals surface area contributed by atoms with E-state index in [9.17, 15) is 9.59 Å². The van der Waals surface area contributed by atoms with Crippen LogP contribution in [0.5, 0.6) is 0 Å². The van der Waals surface area contributed by atoms with Crippen LogP contribution in [0.25, 0.3) is 0 Å². The first kappa shape index (κ1) is 14.0. The van der Waals surface area contributed by atoms with Gasteiger partial charge in [-0.1, -0.05) is 6.92 Å². The summed E-state index contributed by atoms with van der Waals surface area (Å²) in [5.74, 6) is -0.114. The molecule has 1 aliphatic heterocycles. The molecule has 1 atom stereocenters. The summed E-state index contributed by atoms with van der Waals surface area (Å²) >= 11 is 0. The van der Waals surface area contributed by atoms with Gasteiger partial charge in [0.2, 0.25) is 11.8 Å². The van der Waals surface area contributed by atoms with E-state index >= 15 is 0 Å². The van der Waals surface area contributed by atoms with Gasteiger partial charge in [0.1, 0.15) is 11.6 Å². The van der Waals surface area contributed by atoms with Gasteiger partial charge < -0.3 is 15.0 Å². The molecule has 1 aliphatic rings. The molecule has 0 aromatic carbocycles. The van der Waals surface area contributed by atoms with Gasteiger partial charge in [-0.15, -0.1) is 0 Å². The molecule has 1 unspecified atom stereocenters. The van der Waals surface area contributed by atoms with E-state index < -0.39 is 5.54 Å². The maximum Gasteiger partial charge on any atom is 0.248 e. The smallest absolute Gasteiger partial charge is 0.248 e. The monoisotopic (exact) mass is 242 g/mol. The third-order valence-corrected chi connectivity index (χ3v) is 2.98. The zero-order valence-corrected chi connectivity index (χ0v) is 11.1. The summed E-state index contributed by atoms with van der Waals surface area (Å²) in [6.07, 6.45) is 0.625. The first-order chi connectivity index (χ1) is 7.94. The molecule has 1 saturated heterocycles. The van der Waals surface area contributed by atoms with Crippen LogP contribution in [0.3, 0.4) is 0 Å². The molecule has 1 heterocycles. The summed E-state index contributed by atoms with van der Waals surface area (Å²) in [5.41, 5.74) is -0.811. The van der Waals surface area contributed by atoms with Crippen LogP contribution >= 0.6 is 0 Å². The average molecular weight is 242 g/mol. The van der Waals surface area contributed by atoms with Gasteiger partial charge in [-0.25, -0.2) is 0 Å². The summed E-state index contributed by atoms with van der Waals surface area (Å²) in [7, 11) is 0. The summed E-state index contributed by atoms with van der Waals surface area (Å²) in [4.78, 5) is 25.7. The number of carbonyl (C=O) groups is 2. The molecule has 0 bridgehead atoms. The quantitative estimate of drug-likeness (QED) is 0.716. The number of piperazine rings is 1. The van der Waals surface area contributed by atoms with E-state index in [0.29, 0.717) is 26.2 Å². The van der Waals surface area contributed by atoms with Gasteiger partial charge in [0.05, 0.1) is 6.61 Å². The lowest BCUT2D eigenvalue weighted by molar-refractivity contribution is -0.154. The van der Waals surface area contributed by atoms with E-state index in [1.165, 1.54) is 0 Å². The highest BCUT2D eigenvalue weighted by molar-refractivity contribution is 5.99. The molecule has 0 aromatic rings. The fourth-order valence-corrected chi connectivity index (χ4v) is 2.06. The van der Waals surface area contributed by atoms with Crippen molar-refractivity contribution in [2.45, 2.75) is 45.7 Å². The molecule has 1 N–H and O–H groups in total. The molecule has 0 aromatic heterocycles. The van der Waals surface area contributed by atoms with E-state index in [2.05, 4.69) is 5.32 Å². The molecule has 0 saturated carbocycles. The predicted octanol–water partition coefficient (Wildman–Crippen LogP) is 0.538. The topological polar surface area (TPSA) is 58.6 Å². The summed E-state index contributed by atoms with van der Waals surface area (Å²) in [6.45, 7) is 8.84. The van der Waals surface area contributed by atoms with Crippen molar-refractivity contribution in [1.29, 1.82) is 0 Å². The van der Waals surface area contributed by atoms with Crippen molar-refractivity contribution in [2.75, 3.05) is 19.8 Å². The number of rotatable bonds is 5. The Morgan fingerprint density at radius 1 is 1.35 bits per heavy atom. The van der Waals surface area contributed by atoms with Crippen LogP contribution in [0.4, 0.5) is 0 Å². The highest BCUT2D eigenvalue weighted by atomic mass is 16.5.